The summed E-state index contributed by atoms with van der Waals surface area (Å²) in [6.45, 7) is 2.96. The van der Waals surface area contributed by atoms with Gasteiger partial charge < -0.3 is 10.5 Å². The molecule has 114 valence electrons. The van der Waals surface area contributed by atoms with Crippen LogP contribution in [0, 0.1) is 5.92 Å². The average Bonchev–Trinajstić information content (AvgIpc) is 2.52. The molecule has 0 aliphatic heterocycles. The minimum absolute atomic E-state index is 0.303. The first-order valence-electron chi connectivity index (χ1n) is 7.24. The number of hydrogen-bond acceptors (Lipinski definition) is 3. The van der Waals surface area contributed by atoms with Gasteiger partial charge in [-0.15, -0.1) is 0 Å². The quantitative estimate of drug-likeness (QED) is 0.345. The van der Waals surface area contributed by atoms with Crippen molar-refractivity contribution in [3.05, 3.63) is 41.5 Å². The molecule has 0 saturated carbocycles. The molecular weight excluding hydrogens is 264 g/mol. The zero-order valence-electron chi connectivity index (χ0n) is 12.8. The molecule has 1 unspecified atom stereocenters. The van der Waals surface area contributed by atoms with Crippen molar-refractivity contribution in [2.75, 3.05) is 13.7 Å². The molecule has 0 heterocycles. The fourth-order valence-corrected chi connectivity index (χ4v) is 2.05. The monoisotopic (exact) mass is 288 g/mol. The van der Waals surface area contributed by atoms with E-state index < -0.39 is 0 Å². The lowest BCUT2D eigenvalue weighted by Gasteiger charge is -2.07. The molecule has 0 aliphatic carbocycles. The molecule has 1 atom stereocenters. The highest BCUT2D eigenvalue weighted by atomic mass is 16.5. The van der Waals surface area contributed by atoms with Crippen molar-refractivity contribution < 1.29 is 9.53 Å². The highest BCUT2D eigenvalue weighted by Gasteiger charge is 2.08. The van der Waals surface area contributed by atoms with E-state index in [1.54, 1.807) is 6.07 Å². The maximum Gasteiger partial charge on any atom is 0.338 e. The topological polar surface area (TPSA) is 64.7 Å². The fraction of sp³-hybridized carbons (Fsp3) is 0.412. The molecule has 0 aliphatic rings. The van der Waals surface area contributed by atoms with Crippen molar-refractivity contribution >= 4 is 18.4 Å². The molecule has 0 fully saturated rings. The van der Waals surface area contributed by atoms with Gasteiger partial charge in [0.2, 0.25) is 0 Å². The van der Waals surface area contributed by atoms with Gasteiger partial charge in [0.15, 0.2) is 0 Å². The maximum atomic E-state index is 11.7. The lowest BCUT2D eigenvalue weighted by molar-refractivity contribution is 0.0600. The number of benzene rings is 1. The minimum Gasteiger partial charge on any atom is -0.465 e. The van der Waals surface area contributed by atoms with Crippen LogP contribution in [-0.2, 0) is 4.74 Å². The molecule has 1 aromatic rings. The summed E-state index contributed by atoms with van der Waals surface area (Å²) in [5.41, 5.74) is 6.68. The van der Waals surface area contributed by atoms with Crippen LogP contribution < -0.4 is 5.73 Å². The Labute approximate surface area is 126 Å². The van der Waals surface area contributed by atoms with Gasteiger partial charge in [-0.25, -0.2) is 4.79 Å². The number of esters is 1. The van der Waals surface area contributed by atoms with Crippen LogP contribution in [0.3, 0.4) is 0 Å². The molecule has 0 aromatic heterocycles. The van der Waals surface area contributed by atoms with Gasteiger partial charge >= 0.3 is 5.97 Å². The first-order chi connectivity index (χ1) is 10.2. The minimum atomic E-state index is -0.303. The van der Waals surface area contributed by atoms with E-state index in [0.717, 1.165) is 31.4 Å². The Hall–Kier alpha value is -2.10. The first-order valence-corrected chi connectivity index (χ1v) is 7.24. The van der Waals surface area contributed by atoms with Crippen molar-refractivity contribution in [3.8, 4) is 0 Å². The second-order valence-electron chi connectivity index (χ2n) is 4.97. The summed E-state index contributed by atoms with van der Waals surface area (Å²) in [6.07, 6.45) is 8.74. The van der Waals surface area contributed by atoms with Crippen LogP contribution in [0.5, 0.6) is 0 Å². The highest BCUT2D eigenvalue weighted by molar-refractivity contribution is 5.93. The van der Waals surface area contributed by atoms with Crippen LogP contribution in [0.4, 0.5) is 0 Å². The fourth-order valence-electron chi connectivity index (χ4n) is 2.05. The third kappa shape index (κ3) is 6.25. The van der Waals surface area contributed by atoms with Crippen LogP contribution >= 0.6 is 0 Å². The lowest BCUT2D eigenvalue weighted by atomic mass is 10.0. The molecule has 1 aromatic carbocycles. The number of ether oxygens (including phenoxy) is 1. The Balaban J connectivity index is 2.54. The second kappa shape index (κ2) is 9.75. The molecule has 4 nitrogen and oxygen atoms in total. The van der Waals surface area contributed by atoms with Gasteiger partial charge in [-0.3, -0.25) is 4.99 Å². The molecule has 2 N–H and O–H groups in total. The van der Waals surface area contributed by atoms with E-state index in [2.05, 4.69) is 18.0 Å². The van der Waals surface area contributed by atoms with Crippen LogP contribution in [0.2, 0.25) is 0 Å². The third-order valence-corrected chi connectivity index (χ3v) is 3.27. The normalized spacial score (nSPS) is 12.9. The Kier molecular flexibility index (Phi) is 7.87. The molecule has 4 heteroatoms. The van der Waals surface area contributed by atoms with E-state index in [-0.39, 0.29) is 5.97 Å². The van der Waals surface area contributed by atoms with Crippen molar-refractivity contribution in [1.29, 1.82) is 0 Å². The maximum absolute atomic E-state index is 11.7. The Morgan fingerprint density at radius 1 is 1.38 bits per heavy atom. The van der Waals surface area contributed by atoms with E-state index in [4.69, 9.17) is 10.5 Å². The van der Waals surface area contributed by atoms with E-state index in [1.807, 2.05) is 24.3 Å². The Morgan fingerprint density at radius 2 is 2.14 bits per heavy atom. The van der Waals surface area contributed by atoms with Crippen molar-refractivity contribution in [2.24, 2.45) is 16.6 Å². The predicted octanol–water partition coefficient (Wildman–Crippen LogP) is 3.28. The third-order valence-electron chi connectivity index (χ3n) is 3.27. The molecule has 0 amide bonds. The molecule has 21 heavy (non-hydrogen) atoms. The summed E-state index contributed by atoms with van der Waals surface area (Å²) in [5, 5.41) is 0. The van der Waals surface area contributed by atoms with Gasteiger partial charge in [-0.05, 0) is 30.4 Å². The number of nitrogens with two attached hydrogens (primary N) is 1. The molecular formula is C17H24N2O2. The number of rotatable bonds is 8. The summed E-state index contributed by atoms with van der Waals surface area (Å²) in [5.74, 6) is 0.153. The van der Waals surface area contributed by atoms with Crippen LogP contribution in [0.1, 0.15) is 42.1 Å². The standard InChI is InChI=1S/C17H24N2O2/c1-14(7-5-6-12-19-13-18)10-11-15-8-3-4-9-16(15)17(20)21-2/h3-4,8-11,13-14H,5-7,12H2,1-2H3,(H2,18,19)/b11-10+. The molecule has 0 saturated heterocycles. The van der Waals surface area contributed by atoms with E-state index in [0.29, 0.717) is 11.5 Å². The van der Waals surface area contributed by atoms with E-state index >= 15 is 0 Å². The first kappa shape index (κ1) is 17.0. The zero-order valence-corrected chi connectivity index (χ0v) is 12.8. The van der Waals surface area contributed by atoms with E-state index in [9.17, 15) is 4.79 Å². The summed E-state index contributed by atoms with van der Waals surface area (Å²) in [4.78, 5) is 15.7. The summed E-state index contributed by atoms with van der Waals surface area (Å²) < 4.78 is 4.79. The molecule has 0 radical (unpaired) electrons. The van der Waals surface area contributed by atoms with Crippen molar-refractivity contribution in [1.82, 2.24) is 0 Å². The van der Waals surface area contributed by atoms with Gasteiger partial charge in [0.25, 0.3) is 0 Å². The summed E-state index contributed by atoms with van der Waals surface area (Å²) in [7, 11) is 1.40. The second-order valence-corrected chi connectivity index (χ2v) is 4.97. The predicted molar refractivity (Wildman–Crippen MR) is 87.4 cm³/mol. The Morgan fingerprint density at radius 3 is 2.86 bits per heavy atom. The number of hydrogen-bond donors (Lipinski definition) is 1. The SMILES string of the molecule is COC(=O)c1ccccc1/C=C/C(C)CCCCN=CN. The largest absolute Gasteiger partial charge is 0.465 e. The smallest absolute Gasteiger partial charge is 0.338 e. The number of carbonyl (C=O) groups excluding carboxylic acids is 1. The van der Waals surface area contributed by atoms with E-state index in [1.165, 1.54) is 13.4 Å². The van der Waals surface area contributed by atoms with Crippen molar-refractivity contribution in [3.63, 3.8) is 0 Å². The van der Waals surface area contributed by atoms with Gasteiger partial charge in [0.1, 0.15) is 0 Å². The molecule has 0 bridgehead atoms. The van der Waals surface area contributed by atoms with Crippen LogP contribution in [-0.4, -0.2) is 26.0 Å². The lowest BCUT2D eigenvalue weighted by Crippen LogP contribution is -2.03. The van der Waals surface area contributed by atoms with Gasteiger partial charge in [-0.1, -0.05) is 43.7 Å². The van der Waals surface area contributed by atoms with Crippen molar-refractivity contribution in [2.45, 2.75) is 26.2 Å². The van der Waals surface area contributed by atoms with Gasteiger partial charge in [0.05, 0.1) is 19.0 Å². The van der Waals surface area contributed by atoms with Crippen LogP contribution in [0.15, 0.2) is 35.3 Å². The highest BCUT2D eigenvalue weighted by Crippen LogP contribution is 2.15. The summed E-state index contributed by atoms with van der Waals surface area (Å²) in [6, 6.07) is 7.46. The Bertz CT molecular complexity index is 495. The zero-order chi connectivity index (χ0) is 15.5. The van der Waals surface area contributed by atoms with Gasteiger partial charge in [-0.2, -0.15) is 0 Å². The number of carbonyl (C=O) groups is 1. The average molecular weight is 288 g/mol. The molecule has 1 rings (SSSR count). The number of methoxy groups -OCH3 is 1. The number of unbranched alkanes of at least 4 members (excludes halogenated alkanes) is 1. The van der Waals surface area contributed by atoms with Gasteiger partial charge in [0, 0.05) is 6.54 Å². The number of nitrogens with zero attached hydrogens (tertiary/aromatic N) is 1. The summed E-state index contributed by atoms with van der Waals surface area (Å²) >= 11 is 0. The number of aliphatic imine (C=N–C) groups is 1. The number of allylic oxidation sites excluding steroid dienone is 1. The van der Waals surface area contributed by atoms with Crippen LogP contribution in [0.25, 0.3) is 6.08 Å². The molecule has 0 spiro atoms.